The van der Waals surface area contributed by atoms with Crippen molar-refractivity contribution in [3.8, 4) is 5.75 Å². The molecule has 0 saturated heterocycles. The van der Waals surface area contributed by atoms with E-state index < -0.39 is 110 Å². The van der Waals surface area contributed by atoms with Gasteiger partial charge in [-0.25, -0.2) is 4.79 Å². The van der Waals surface area contributed by atoms with Crippen LogP contribution in [0.1, 0.15) is 51.0 Å². The minimum Gasteiger partial charge on any atom is -0.508 e. The van der Waals surface area contributed by atoms with Gasteiger partial charge in [-0.2, -0.15) is 12.6 Å². The number of phenols is 1. The maximum absolute atomic E-state index is 13.7. The van der Waals surface area contributed by atoms with Crippen molar-refractivity contribution in [1.82, 2.24) is 31.9 Å². The number of nitrogens with zero attached hydrogens (tertiary/aromatic N) is 1. The number of carboxylic acid groups (broad SMARTS) is 1. The van der Waals surface area contributed by atoms with Crippen molar-refractivity contribution in [2.45, 2.75) is 88.1 Å². The van der Waals surface area contributed by atoms with Crippen LogP contribution >= 0.6 is 12.6 Å². The van der Waals surface area contributed by atoms with Crippen LogP contribution in [-0.2, 0) is 54.3 Å². The smallest absolute Gasteiger partial charge is 0.328 e. The first kappa shape index (κ1) is 50.4. The fourth-order valence-corrected chi connectivity index (χ4v) is 5.99. The Balaban J connectivity index is 2.17. The Kier molecular flexibility index (Phi) is 22.2. The largest absolute Gasteiger partial charge is 0.508 e. The molecule has 1 aromatic carbocycles. The van der Waals surface area contributed by atoms with Gasteiger partial charge in [0.1, 0.15) is 36.0 Å². The van der Waals surface area contributed by atoms with Gasteiger partial charge in [0.05, 0.1) is 31.4 Å². The van der Waals surface area contributed by atoms with Crippen LogP contribution in [-0.4, -0.2) is 144 Å². The van der Waals surface area contributed by atoms with Crippen LogP contribution in [0.3, 0.4) is 0 Å². The number of carbonyl (C=O) groups is 8. The van der Waals surface area contributed by atoms with Crippen LogP contribution in [0, 0.1) is 5.92 Å². The number of hydrogen-bond acceptors (Lipinski definition) is 15. The number of carbonyl (C=O) groups excluding carboxylic acids is 7. The van der Waals surface area contributed by atoms with Crippen molar-refractivity contribution in [1.29, 1.82) is 0 Å². The van der Waals surface area contributed by atoms with Gasteiger partial charge in [-0.3, -0.25) is 38.6 Å². The number of hydrogen-bond donors (Lipinski definition) is 13. The van der Waals surface area contributed by atoms with Crippen molar-refractivity contribution in [3.63, 3.8) is 0 Å². The first-order chi connectivity index (χ1) is 28.5. The van der Waals surface area contributed by atoms with E-state index in [1.54, 1.807) is 0 Å². The Bertz CT molecular complexity index is 1670. The minimum absolute atomic E-state index is 0.0359. The molecule has 1 fully saturated rings. The lowest BCUT2D eigenvalue weighted by atomic mass is 9.84. The second-order valence-corrected chi connectivity index (χ2v) is 14.1. The number of ether oxygens (including phenoxy) is 2. The van der Waals surface area contributed by atoms with E-state index in [0.717, 1.165) is 12.8 Å². The average Bonchev–Trinajstić information content (AvgIpc) is 3.21. The van der Waals surface area contributed by atoms with Crippen molar-refractivity contribution in [2.75, 3.05) is 38.8 Å². The second kappa shape index (κ2) is 26.4. The van der Waals surface area contributed by atoms with E-state index in [4.69, 9.17) is 26.7 Å². The number of nitrogens with one attached hydrogen (secondary N) is 6. The van der Waals surface area contributed by atoms with E-state index >= 15 is 0 Å². The van der Waals surface area contributed by atoms with Gasteiger partial charge in [-0.1, -0.05) is 25.0 Å². The monoisotopic (exact) mass is 868 g/mol. The van der Waals surface area contributed by atoms with Gasteiger partial charge < -0.3 is 73.9 Å². The molecule has 1 aliphatic rings. The van der Waals surface area contributed by atoms with Gasteiger partial charge in [-0.05, 0) is 50.3 Å². The molecule has 15 N–H and O–H groups in total. The van der Waals surface area contributed by atoms with Crippen molar-refractivity contribution in [2.24, 2.45) is 28.1 Å². The summed E-state index contributed by atoms with van der Waals surface area (Å²) in [6.45, 7) is -1.28. The normalized spacial score (nSPS) is 17.2. The van der Waals surface area contributed by atoms with Crippen LogP contribution in [0.15, 0.2) is 29.3 Å². The third-order valence-electron chi connectivity index (χ3n) is 9.10. The molecule has 0 unspecified atom stereocenters. The number of benzene rings is 1. The molecular formula is C36H56N10O13S. The predicted molar refractivity (Wildman–Crippen MR) is 215 cm³/mol. The number of aliphatic carboxylic acids is 1. The van der Waals surface area contributed by atoms with Gasteiger partial charge in [0, 0.05) is 19.0 Å². The molecule has 2 rings (SSSR count). The molecule has 1 saturated carbocycles. The zero-order chi connectivity index (χ0) is 44.8. The summed E-state index contributed by atoms with van der Waals surface area (Å²) in [7, 11) is 0. The summed E-state index contributed by atoms with van der Waals surface area (Å²) in [5, 5.41) is 43.1. The summed E-state index contributed by atoms with van der Waals surface area (Å²) in [4.78, 5) is 106. The zero-order valence-electron chi connectivity index (χ0n) is 33.1. The van der Waals surface area contributed by atoms with E-state index in [0.29, 0.717) is 18.4 Å². The molecule has 7 atom stereocenters. The molecule has 0 bridgehead atoms. The molecule has 1 aliphatic carbocycles. The highest BCUT2D eigenvalue weighted by atomic mass is 32.1. The van der Waals surface area contributed by atoms with Crippen LogP contribution < -0.4 is 49.1 Å². The molecule has 0 radical (unpaired) electrons. The number of aliphatic hydroxyl groups is 1. The summed E-state index contributed by atoms with van der Waals surface area (Å²) in [6, 6.07) is -2.18. The maximum atomic E-state index is 13.7. The van der Waals surface area contributed by atoms with Crippen LogP contribution in [0.25, 0.3) is 0 Å². The van der Waals surface area contributed by atoms with Crippen LogP contribution in [0.2, 0.25) is 0 Å². The summed E-state index contributed by atoms with van der Waals surface area (Å²) in [6.07, 6.45) is 2.43. The number of aliphatic hydroxyl groups excluding tert-OH is 1. The number of aromatic hydroxyl groups is 1. The molecule has 0 spiro atoms. The Morgan fingerprint density at radius 2 is 1.47 bits per heavy atom. The third-order valence-corrected chi connectivity index (χ3v) is 9.39. The van der Waals surface area contributed by atoms with Gasteiger partial charge >= 0.3 is 11.9 Å². The van der Waals surface area contributed by atoms with Crippen LogP contribution in [0.5, 0.6) is 5.75 Å². The average molecular weight is 869 g/mol. The van der Waals surface area contributed by atoms with Crippen molar-refractivity contribution < 1.29 is 63.1 Å². The molecule has 334 valence electrons. The first-order valence-corrected chi connectivity index (χ1v) is 19.6. The Labute approximate surface area is 351 Å². The maximum Gasteiger partial charge on any atom is 0.328 e. The SMILES string of the molecule is C[C@H](NC(=O)[C@H](COCOC(=O)[C@H]1CCCC[C@H]1NC(=O)CS)NC(=O)CN)C(=O)N[C@@H](CCCN=C(N)N)C(=O)N[C@@H](Cc1ccc(O)cc1)C(=O)N[C@@H](CO)C(=O)O. The second-order valence-electron chi connectivity index (χ2n) is 13.8. The fourth-order valence-electron chi connectivity index (χ4n) is 5.90. The molecule has 0 heterocycles. The topological polar surface area (TPSA) is 378 Å². The molecule has 60 heavy (non-hydrogen) atoms. The van der Waals surface area contributed by atoms with Gasteiger partial charge in [0.25, 0.3) is 0 Å². The number of nitrogens with two attached hydrogens (primary N) is 3. The van der Waals surface area contributed by atoms with Crippen molar-refractivity contribution >= 4 is 66.0 Å². The highest BCUT2D eigenvalue weighted by Crippen LogP contribution is 2.25. The van der Waals surface area contributed by atoms with Crippen LogP contribution in [0.4, 0.5) is 0 Å². The van der Waals surface area contributed by atoms with E-state index in [9.17, 15) is 53.7 Å². The Morgan fingerprint density at radius 1 is 0.850 bits per heavy atom. The summed E-state index contributed by atoms with van der Waals surface area (Å²) >= 11 is 3.95. The minimum atomic E-state index is -1.71. The highest BCUT2D eigenvalue weighted by molar-refractivity contribution is 7.81. The van der Waals surface area contributed by atoms with E-state index in [-0.39, 0.29) is 49.2 Å². The molecule has 6 amide bonds. The summed E-state index contributed by atoms with van der Waals surface area (Å²) in [5.74, 6) is -7.93. The number of guanidine groups is 1. The van der Waals surface area contributed by atoms with Gasteiger partial charge in [0.2, 0.25) is 35.4 Å². The van der Waals surface area contributed by atoms with E-state index in [1.807, 2.05) is 0 Å². The Hall–Kier alpha value is -5.72. The number of aliphatic imine (C=N–C) groups is 1. The molecule has 23 nitrogen and oxygen atoms in total. The highest BCUT2D eigenvalue weighted by Gasteiger charge is 2.34. The lowest BCUT2D eigenvalue weighted by Crippen LogP contribution is -2.59. The van der Waals surface area contributed by atoms with E-state index in [1.165, 1.54) is 31.2 Å². The van der Waals surface area contributed by atoms with E-state index in [2.05, 4.69) is 49.5 Å². The van der Waals surface area contributed by atoms with Gasteiger partial charge in [0.15, 0.2) is 12.8 Å². The standard InChI is InChI=1S/C36H56N10O13S/c1-19(41-33(54)27(43-28(49)14-37)16-58-18-59-35(57)22-5-2-3-6-23(22)42-29(50)17-60)30(51)44-24(7-4-12-40-36(38)39)31(52)45-25(13-20-8-10-21(48)11-9-20)32(53)46-26(15-47)34(55)56/h8-11,19,22-27,47-48,60H,2-7,12-18,37H2,1H3,(H,41,54)(H,42,50)(H,43,49)(H,44,51)(H,45,52)(H,46,53)(H,55,56)(H4,38,39,40)/t19-,22-,23+,24-,25-,26-,27-/m0/s1. The first-order valence-electron chi connectivity index (χ1n) is 19.0. The fraction of sp³-hybridized carbons (Fsp3) is 0.583. The number of phenolic OH excluding ortho intramolecular Hbond substituents is 1. The number of carboxylic acids is 1. The predicted octanol–water partition coefficient (Wildman–Crippen LogP) is -4.41. The zero-order valence-corrected chi connectivity index (χ0v) is 34.0. The number of esters is 1. The molecule has 0 aliphatic heterocycles. The molecular weight excluding hydrogens is 813 g/mol. The Morgan fingerprint density at radius 3 is 2.08 bits per heavy atom. The lowest BCUT2D eigenvalue weighted by Gasteiger charge is -2.30. The molecule has 0 aromatic heterocycles. The lowest BCUT2D eigenvalue weighted by molar-refractivity contribution is -0.164. The van der Waals surface area contributed by atoms with Gasteiger partial charge in [-0.15, -0.1) is 0 Å². The van der Waals surface area contributed by atoms with Crippen molar-refractivity contribution in [3.05, 3.63) is 29.8 Å². The number of thiol groups is 1. The quantitative estimate of drug-likeness (QED) is 0.0110. The number of amides is 6. The molecule has 24 heteroatoms. The summed E-state index contributed by atoms with van der Waals surface area (Å²) in [5.41, 5.74) is 16.7. The molecule has 1 aromatic rings. The summed E-state index contributed by atoms with van der Waals surface area (Å²) < 4.78 is 10.6. The number of rotatable bonds is 25. The third kappa shape index (κ3) is 18.0.